The van der Waals surface area contributed by atoms with Crippen LogP contribution in [0.4, 0.5) is 13.2 Å². The third-order valence-electron chi connectivity index (χ3n) is 9.55. The molecule has 0 bridgehead atoms. The van der Waals surface area contributed by atoms with E-state index in [1.54, 1.807) is 13.8 Å². The van der Waals surface area contributed by atoms with Crippen LogP contribution in [0.25, 0.3) is 0 Å². The zero-order valence-corrected chi connectivity index (χ0v) is 21.4. The van der Waals surface area contributed by atoms with Crippen molar-refractivity contribution in [1.82, 2.24) is 5.16 Å². The van der Waals surface area contributed by atoms with Crippen molar-refractivity contribution < 1.29 is 41.9 Å². The molecule has 200 valence electrons. The number of ketones is 1. The molecule has 0 unspecified atom stereocenters. The van der Waals surface area contributed by atoms with Crippen molar-refractivity contribution in [3.8, 4) is 0 Å². The summed E-state index contributed by atoms with van der Waals surface area (Å²) >= 11 is 0.336. The van der Waals surface area contributed by atoms with Gasteiger partial charge in [0.05, 0.1) is 12.3 Å². The Bertz CT molecular complexity index is 1200. The number of hydrogen-bond donors (Lipinski definition) is 1. The summed E-state index contributed by atoms with van der Waals surface area (Å²) in [5.74, 6) is -4.20. The molecule has 3 saturated carbocycles. The van der Waals surface area contributed by atoms with Crippen LogP contribution >= 0.6 is 11.8 Å². The molecule has 0 aromatic carbocycles. The van der Waals surface area contributed by atoms with Gasteiger partial charge in [0.25, 0.3) is 0 Å². The fourth-order valence-electron chi connectivity index (χ4n) is 7.89. The lowest BCUT2D eigenvalue weighted by molar-refractivity contribution is -0.221. The standard InChI is InChI=1S/C26H28F3NO6S/c1-13-8-15-16-10-18(28)17-9-14(31)4-6-23(17,2)25(16,29)20(32)11-24(15,3)26(13,22(34)37-12-27)35-21(33)19-5-7-30-36-19/h4-7,9,13,15-16,18,20,32H,8,10-12H2,1-3H3/t13-,15+,16+,18+,20+,23+,24+,25+,26+/m1/s1. The van der Waals surface area contributed by atoms with Crippen LogP contribution in [0.15, 0.2) is 40.6 Å². The van der Waals surface area contributed by atoms with Crippen molar-refractivity contribution in [2.45, 2.75) is 63.6 Å². The van der Waals surface area contributed by atoms with Crippen molar-refractivity contribution in [1.29, 1.82) is 0 Å². The van der Waals surface area contributed by atoms with Gasteiger partial charge in [-0.3, -0.25) is 9.59 Å². The molecule has 4 aliphatic rings. The van der Waals surface area contributed by atoms with Gasteiger partial charge in [-0.2, -0.15) is 0 Å². The molecule has 5 rings (SSSR count). The van der Waals surface area contributed by atoms with Crippen LogP contribution in [-0.2, 0) is 14.3 Å². The summed E-state index contributed by atoms with van der Waals surface area (Å²) in [6.45, 7) is 4.75. The number of thioether (sulfide) groups is 1. The Morgan fingerprint density at radius 2 is 2.03 bits per heavy atom. The molecule has 0 aliphatic heterocycles. The van der Waals surface area contributed by atoms with E-state index in [0.717, 1.165) is 6.08 Å². The summed E-state index contributed by atoms with van der Waals surface area (Å²) < 4.78 is 57.2. The number of allylic oxidation sites excluding steroid dienone is 4. The maximum Gasteiger partial charge on any atom is 0.378 e. The molecule has 0 spiro atoms. The Labute approximate surface area is 215 Å². The quantitative estimate of drug-likeness (QED) is 0.564. The number of aliphatic hydroxyl groups is 1. The highest BCUT2D eigenvalue weighted by Crippen LogP contribution is 2.72. The molecule has 1 N–H and O–H groups in total. The lowest BCUT2D eigenvalue weighted by Gasteiger charge is -2.63. The van der Waals surface area contributed by atoms with Gasteiger partial charge in [-0.1, -0.05) is 25.1 Å². The Morgan fingerprint density at radius 3 is 2.68 bits per heavy atom. The summed E-state index contributed by atoms with van der Waals surface area (Å²) in [7, 11) is 0. The SMILES string of the molecule is C[C@@H]1C[C@H]2[C@@H]3C[C@H](F)C4=CC(=O)C=C[C@]4(C)[C@@]3(F)[C@@H](O)C[C@]2(C)[C@@]1(OC(=O)c1ccno1)C(=O)SCF. The van der Waals surface area contributed by atoms with Crippen LogP contribution in [0, 0.1) is 28.6 Å². The van der Waals surface area contributed by atoms with E-state index in [4.69, 9.17) is 9.26 Å². The number of hydrogen-bond acceptors (Lipinski definition) is 8. The van der Waals surface area contributed by atoms with Crippen LogP contribution in [0.3, 0.4) is 0 Å². The number of carbonyl (C=O) groups excluding carboxylic acids is 3. The summed E-state index contributed by atoms with van der Waals surface area (Å²) in [6, 6.07) is 0.176. The number of rotatable bonds is 4. The average molecular weight is 540 g/mol. The van der Waals surface area contributed by atoms with Gasteiger partial charge in [-0.15, -0.1) is 0 Å². The molecule has 0 saturated heterocycles. The summed E-state index contributed by atoms with van der Waals surface area (Å²) in [6.07, 6.45) is 1.03. The summed E-state index contributed by atoms with van der Waals surface area (Å²) in [4.78, 5) is 38.6. The molecular formula is C26H28F3NO6S. The number of alkyl halides is 3. The van der Waals surface area contributed by atoms with Gasteiger partial charge in [0.1, 0.15) is 12.2 Å². The van der Waals surface area contributed by atoms with Crippen molar-refractivity contribution in [2.75, 3.05) is 6.01 Å². The molecule has 37 heavy (non-hydrogen) atoms. The van der Waals surface area contributed by atoms with Crippen molar-refractivity contribution in [3.05, 3.63) is 41.8 Å². The Balaban J connectivity index is 1.64. The molecule has 11 heteroatoms. The zero-order chi connectivity index (χ0) is 27.0. The van der Waals surface area contributed by atoms with Gasteiger partial charge in [0.2, 0.25) is 10.9 Å². The van der Waals surface area contributed by atoms with E-state index in [-0.39, 0.29) is 30.6 Å². The van der Waals surface area contributed by atoms with Crippen LogP contribution in [0.5, 0.6) is 0 Å². The van der Waals surface area contributed by atoms with Crippen molar-refractivity contribution in [2.24, 2.45) is 28.6 Å². The Kier molecular flexibility index (Phi) is 6.06. The third-order valence-corrected chi connectivity index (χ3v) is 10.2. The van der Waals surface area contributed by atoms with Gasteiger partial charge in [-0.05, 0) is 61.6 Å². The second-order valence-electron chi connectivity index (χ2n) is 11.0. The van der Waals surface area contributed by atoms with E-state index < -0.39 is 75.0 Å². The molecule has 0 amide bonds. The number of nitrogens with zero attached hydrogens (tertiary/aromatic N) is 1. The number of ether oxygens (including phenoxy) is 1. The molecule has 4 aliphatic carbocycles. The topological polar surface area (TPSA) is 107 Å². The van der Waals surface area contributed by atoms with E-state index >= 15 is 8.78 Å². The number of halogens is 3. The van der Waals surface area contributed by atoms with Crippen LogP contribution in [-0.4, -0.2) is 56.7 Å². The molecular weight excluding hydrogens is 511 g/mol. The maximum atomic E-state index is 17.4. The predicted octanol–water partition coefficient (Wildman–Crippen LogP) is 4.32. The second kappa shape index (κ2) is 8.56. The first-order chi connectivity index (χ1) is 17.4. The van der Waals surface area contributed by atoms with E-state index in [2.05, 4.69) is 5.16 Å². The normalized spacial score (nSPS) is 44.5. The number of fused-ring (bicyclic) bond motifs is 5. The first-order valence-corrected chi connectivity index (χ1v) is 13.2. The van der Waals surface area contributed by atoms with Crippen molar-refractivity contribution in [3.63, 3.8) is 0 Å². The second-order valence-corrected chi connectivity index (χ2v) is 11.9. The number of esters is 1. The lowest BCUT2D eigenvalue weighted by atomic mass is 9.44. The monoisotopic (exact) mass is 539 g/mol. The van der Waals surface area contributed by atoms with Gasteiger partial charge in [-0.25, -0.2) is 18.0 Å². The minimum Gasteiger partial charge on any atom is -0.443 e. The largest absolute Gasteiger partial charge is 0.443 e. The van der Waals surface area contributed by atoms with Crippen LogP contribution in [0.1, 0.15) is 50.6 Å². The molecule has 7 nitrogen and oxygen atoms in total. The fourth-order valence-corrected chi connectivity index (χ4v) is 8.68. The number of carbonyl (C=O) groups is 3. The van der Waals surface area contributed by atoms with Gasteiger partial charge in [0.15, 0.2) is 17.1 Å². The molecule has 9 atom stereocenters. The van der Waals surface area contributed by atoms with E-state index in [9.17, 15) is 23.9 Å². The van der Waals surface area contributed by atoms with E-state index in [1.165, 1.54) is 31.3 Å². The summed E-state index contributed by atoms with van der Waals surface area (Å²) in [5, 5.41) is 14.2. The number of aromatic nitrogens is 1. The van der Waals surface area contributed by atoms with Crippen LogP contribution < -0.4 is 0 Å². The van der Waals surface area contributed by atoms with Gasteiger partial charge < -0.3 is 14.4 Å². The lowest BCUT2D eigenvalue weighted by Crippen LogP contribution is -2.70. The Morgan fingerprint density at radius 1 is 1.30 bits per heavy atom. The van der Waals surface area contributed by atoms with E-state index in [0.29, 0.717) is 11.8 Å². The third kappa shape index (κ3) is 3.25. The number of aliphatic hydroxyl groups excluding tert-OH is 1. The first kappa shape index (κ1) is 26.2. The minimum atomic E-state index is -2.36. The molecule has 1 heterocycles. The van der Waals surface area contributed by atoms with Crippen molar-refractivity contribution >= 4 is 28.6 Å². The highest BCUT2D eigenvalue weighted by Gasteiger charge is 2.78. The Hall–Kier alpha value is -2.40. The maximum absolute atomic E-state index is 17.4. The molecule has 3 fully saturated rings. The van der Waals surface area contributed by atoms with Crippen LogP contribution in [0.2, 0.25) is 0 Å². The van der Waals surface area contributed by atoms with Gasteiger partial charge >= 0.3 is 5.97 Å². The molecule has 0 radical (unpaired) electrons. The minimum absolute atomic E-state index is 0.0143. The molecule has 1 aromatic heterocycles. The fraction of sp³-hybridized carbons (Fsp3) is 0.615. The molecule has 1 aromatic rings. The highest BCUT2D eigenvalue weighted by molar-refractivity contribution is 8.13. The summed E-state index contributed by atoms with van der Waals surface area (Å²) in [5.41, 5.74) is -7.26. The van der Waals surface area contributed by atoms with Gasteiger partial charge in [0, 0.05) is 28.7 Å². The first-order valence-electron chi connectivity index (χ1n) is 12.2. The zero-order valence-electron chi connectivity index (χ0n) is 20.6. The average Bonchev–Trinajstić information content (AvgIpc) is 3.45. The predicted molar refractivity (Wildman–Crippen MR) is 126 cm³/mol. The highest BCUT2D eigenvalue weighted by atomic mass is 32.2. The van der Waals surface area contributed by atoms with E-state index in [1.807, 2.05) is 0 Å². The smallest absolute Gasteiger partial charge is 0.378 e.